The molecule has 2 amide bonds. The van der Waals surface area contributed by atoms with Crippen LogP contribution in [0, 0.1) is 5.82 Å². The number of anilines is 1. The monoisotopic (exact) mass is 310 g/mol. The normalized spacial score (nSPS) is 11.9. The second kappa shape index (κ2) is 7.58. The summed E-state index contributed by atoms with van der Waals surface area (Å²) in [6.07, 6.45) is 2.61. The second-order valence-electron chi connectivity index (χ2n) is 4.18. The maximum atomic E-state index is 13.5. The van der Waals surface area contributed by atoms with E-state index in [9.17, 15) is 9.18 Å². The number of rotatable bonds is 6. The van der Waals surface area contributed by atoms with E-state index in [-0.39, 0.29) is 11.7 Å². The molecule has 2 rings (SSSR count). The van der Waals surface area contributed by atoms with Crippen LogP contribution in [-0.2, 0) is 0 Å². The fraction of sp³-hybridized carbons (Fsp3) is 0.333. The van der Waals surface area contributed by atoms with E-state index in [0.717, 1.165) is 5.75 Å². The molecule has 1 atom stereocenters. The minimum absolute atomic E-state index is 0.117. The number of urea groups is 1. The van der Waals surface area contributed by atoms with E-state index < -0.39 is 11.8 Å². The van der Waals surface area contributed by atoms with Gasteiger partial charge in [-0.1, -0.05) is 17.3 Å². The first-order valence-electron chi connectivity index (χ1n) is 6.25. The lowest BCUT2D eigenvalue weighted by atomic mass is 10.2. The SMILES string of the molecule is CSCC[C@H](NC(=O)Nc1ccccc1F)c1nn[nH]n1. The van der Waals surface area contributed by atoms with Crippen LogP contribution in [0.4, 0.5) is 14.9 Å². The smallest absolute Gasteiger partial charge is 0.319 e. The van der Waals surface area contributed by atoms with Gasteiger partial charge in [-0.3, -0.25) is 0 Å². The molecule has 112 valence electrons. The Bertz CT molecular complexity index is 579. The average Bonchev–Trinajstić information content (AvgIpc) is 3.00. The summed E-state index contributed by atoms with van der Waals surface area (Å²) >= 11 is 1.64. The molecule has 1 heterocycles. The number of H-pyrrole nitrogens is 1. The van der Waals surface area contributed by atoms with Crippen molar-refractivity contribution in [2.45, 2.75) is 12.5 Å². The van der Waals surface area contributed by atoms with Crippen molar-refractivity contribution in [2.75, 3.05) is 17.3 Å². The number of thioether (sulfide) groups is 1. The van der Waals surface area contributed by atoms with Crippen molar-refractivity contribution in [2.24, 2.45) is 0 Å². The Hall–Kier alpha value is -2.16. The van der Waals surface area contributed by atoms with Gasteiger partial charge in [-0.25, -0.2) is 9.18 Å². The van der Waals surface area contributed by atoms with Gasteiger partial charge < -0.3 is 10.6 Å². The summed E-state index contributed by atoms with van der Waals surface area (Å²) < 4.78 is 13.5. The minimum atomic E-state index is -0.518. The molecular formula is C12H15FN6OS. The number of carbonyl (C=O) groups is 1. The van der Waals surface area contributed by atoms with Crippen LogP contribution >= 0.6 is 11.8 Å². The van der Waals surface area contributed by atoms with Crippen LogP contribution in [-0.4, -0.2) is 38.7 Å². The highest BCUT2D eigenvalue weighted by molar-refractivity contribution is 7.98. The number of aromatic amines is 1. The number of aromatic nitrogens is 4. The van der Waals surface area contributed by atoms with E-state index in [2.05, 4.69) is 31.3 Å². The lowest BCUT2D eigenvalue weighted by Crippen LogP contribution is -2.33. The highest BCUT2D eigenvalue weighted by Crippen LogP contribution is 2.16. The second-order valence-corrected chi connectivity index (χ2v) is 5.17. The van der Waals surface area contributed by atoms with E-state index in [0.29, 0.717) is 12.2 Å². The fourth-order valence-electron chi connectivity index (χ4n) is 1.70. The molecule has 21 heavy (non-hydrogen) atoms. The zero-order valence-corrected chi connectivity index (χ0v) is 12.2. The number of tetrazole rings is 1. The van der Waals surface area contributed by atoms with Crippen LogP contribution in [0.1, 0.15) is 18.3 Å². The van der Waals surface area contributed by atoms with Crippen LogP contribution < -0.4 is 10.6 Å². The Labute approximate surface area is 125 Å². The highest BCUT2D eigenvalue weighted by atomic mass is 32.2. The fourth-order valence-corrected chi connectivity index (χ4v) is 2.17. The van der Waals surface area contributed by atoms with Gasteiger partial charge in [0.1, 0.15) is 5.82 Å². The predicted octanol–water partition coefficient (Wildman–Crippen LogP) is 1.95. The molecule has 0 aliphatic rings. The van der Waals surface area contributed by atoms with Gasteiger partial charge in [-0.05, 0) is 30.6 Å². The van der Waals surface area contributed by atoms with Gasteiger partial charge in [0.25, 0.3) is 0 Å². The van der Waals surface area contributed by atoms with Crippen molar-refractivity contribution in [3.05, 3.63) is 35.9 Å². The molecule has 0 aliphatic carbocycles. The van der Waals surface area contributed by atoms with E-state index in [4.69, 9.17) is 0 Å². The molecule has 0 bridgehead atoms. The zero-order valence-electron chi connectivity index (χ0n) is 11.3. The van der Waals surface area contributed by atoms with E-state index in [1.54, 1.807) is 23.9 Å². The maximum absolute atomic E-state index is 13.5. The summed E-state index contributed by atoms with van der Waals surface area (Å²) in [6, 6.07) is 5.06. The number of carbonyl (C=O) groups excluding carboxylic acids is 1. The van der Waals surface area contributed by atoms with Gasteiger partial charge in [0.2, 0.25) is 0 Å². The lowest BCUT2D eigenvalue weighted by molar-refractivity contribution is 0.247. The summed E-state index contributed by atoms with van der Waals surface area (Å²) in [7, 11) is 0. The summed E-state index contributed by atoms with van der Waals surface area (Å²) in [5.74, 6) is 0.722. The third-order valence-electron chi connectivity index (χ3n) is 2.71. The molecule has 2 aromatic rings. The van der Waals surface area contributed by atoms with Crippen molar-refractivity contribution in [3.8, 4) is 0 Å². The summed E-state index contributed by atoms with van der Waals surface area (Å²) in [5.41, 5.74) is 0.117. The molecule has 1 aromatic carbocycles. The van der Waals surface area contributed by atoms with Crippen LogP contribution in [0.3, 0.4) is 0 Å². The molecule has 0 saturated carbocycles. The first-order chi connectivity index (χ1) is 10.2. The number of benzene rings is 1. The Morgan fingerprint density at radius 3 is 2.95 bits per heavy atom. The quantitative estimate of drug-likeness (QED) is 0.758. The number of amides is 2. The summed E-state index contributed by atoms with van der Waals surface area (Å²) in [5, 5.41) is 18.8. The van der Waals surface area contributed by atoms with Crippen LogP contribution in [0.15, 0.2) is 24.3 Å². The Kier molecular flexibility index (Phi) is 5.50. The standard InChI is InChI=1S/C12H15FN6OS/c1-21-7-6-10(11-16-18-19-17-11)15-12(20)14-9-5-3-2-4-8(9)13/h2-5,10H,6-7H2,1H3,(H2,14,15,20)(H,16,17,18,19)/t10-/m0/s1. The first-order valence-corrected chi connectivity index (χ1v) is 7.64. The molecule has 3 N–H and O–H groups in total. The Morgan fingerprint density at radius 2 is 2.29 bits per heavy atom. The molecule has 0 spiro atoms. The first kappa shape index (κ1) is 15.2. The van der Waals surface area contributed by atoms with Gasteiger partial charge in [-0.15, -0.1) is 10.2 Å². The zero-order chi connectivity index (χ0) is 15.1. The van der Waals surface area contributed by atoms with Crippen molar-refractivity contribution >= 4 is 23.5 Å². The van der Waals surface area contributed by atoms with Crippen molar-refractivity contribution in [1.29, 1.82) is 0 Å². The van der Waals surface area contributed by atoms with Crippen molar-refractivity contribution < 1.29 is 9.18 Å². The van der Waals surface area contributed by atoms with E-state index in [1.807, 2.05) is 6.26 Å². The number of nitrogens with zero attached hydrogens (tertiary/aromatic N) is 3. The van der Waals surface area contributed by atoms with E-state index in [1.165, 1.54) is 12.1 Å². The third-order valence-corrected chi connectivity index (χ3v) is 3.36. The van der Waals surface area contributed by atoms with Crippen LogP contribution in [0.5, 0.6) is 0 Å². The topological polar surface area (TPSA) is 95.6 Å². The molecular weight excluding hydrogens is 295 g/mol. The molecule has 0 unspecified atom stereocenters. The van der Waals surface area contributed by atoms with Crippen molar-refractivity contribution in [3.63, 3.8) is 0 Å². The van der Waals surface area contributed by atoms with Crippen LogP contribution in [0.2, 0.25) is 0 Å². The minimum Gasteiger partial charge on any atom is -0.328 e. The molecule has 0 radical (unpaired) electrons. The molecule has 7 nitrogen and oxygen atoms in total. The van der Waals surface area contributed by atoms with Gasteiger partial charge in [0.15, 0.2) is 5.82 Å². The van der Waals surface area contributed by atoms with Gasteiger partial charge >= 0.3 is 6.03 Å². The number of hydrogen-bond donors (Lipinski definition) is 3. The molecule has 0 saturated heterocycles. The Balaban J connectivity index is 1.99. The average molecular weight is 310 g/mol. The molecule has 1 aromatic heterocycles. The van der Waals surface area contributed by atoms with Gasteiger partial charge in [0, 0.05) is 0 Å². The van der Waals surface area contributed by atoms with Gasteiger partial charge in [-0.2, -0.15) is 17.0 Å². The largest absolute Gasteiger partial charge is 0.328 e. The third kappa shape index (κ3) is 4.42. The van der Waals surface area contributed by atoms with Gasteiger partial charge in [0.05, 0.1) is 11.7 Å². The number of hydrogen-bond acceptors (Lipinski definition) is 5. The van der Waals surface area contributed by atoms with Crippen LogP contribution in [0.25, 0.3) is 0 Å². The predicted molar refractivity (Wildman–Crippen MR) is 78.5 cm³/mol. The molecule has 0 fully saturated rings. The summed E-state index contributed by atoms with van der Waals surface area (Å²) in [4.78, 5) is 12.0. The Morgan fingerprint density at radius 1 is 1.48 bits per heavy atom. The van der Waals surface area contributed by atoms with E-state index >= 15 is 0 Å². The molecule has 9 heteroatoms. The number of para-hydroxylation sites is 1. The number of nitrogens with one attached hydrogen (secondary N) is 3. The molecule has 0 aliphatic heterocycles. The van der Waals surface area contributed by atoms with Crippen molar-refractivity contribution in [1.82, 2.24) is 25.9 Å². The lowest BCUT2D eigenvalue weighted by Gasteiger charge is -2.15. The summed E-state index contributed by atoms with van der Waals surface area (Å²) in [6.45, 7) is 0. The maximum Gasteiger partial charge on any atom is 0.319 e. The highest BCUT2D eigenvalue weighted by Gasteiger charge is 2.18. The number of halogens is 1.